The minimum Gasteiger partial charge on any atom is -0.351 e. The zero-order valence-corrected chi connectivity index (χ0v) is 17.6. The molecular weight excluding hydrogens is 352 g/mol. The van der Waals surface area contributed by atoms with E-state index in [1.54, 1.807) is 5.56 Å². The van der Waals surface area contributed by atoms with Gasteiger partial charge in [-0.2, -0.15) is 0 Å². The maximum absolute atomic E-state index is 4.78. The van der Waals surface area contributed by atoms with E-state index in [4.69, 9.17) is 4.99 Å². The van der Waals surface area contributed by atoms with Crippen molar-refractivity contribution in [3.05, 3.63) is 53.9 Å². The molecule has 0 spiro atoms. The number of hydrogen-bond donors (Lipinski definition) is 0. The van der Waals surface area contributed by atoms with Crippen LogP contribution in [0.15, 0.2) is 47.7 Å². The second-order valence-electron chi connectivity index (χ2n) is 10.7. The predicted molar refractivity (Wildman–Crippen MR) is 120 cm³/mol. The summed E-state index contributed by atoms with van der Waals surface area (Å²) in [6, 6.07) is 12.2. The molecule has 7 rings (SSSR count). The first kappa shape index (κ1) is 18.0. The summed E-state index contributed by atoms with van der Waals surface area (Å²) in [6.07, 6.45) is 22.3. The van der Waals surface area contributed by atoms with Gasteiger partial charge in [0.2, 0.25) is 0 Å². The van der Waals surface area contributed by atoms with Crippen molar-refractivity contribution in [1.82, 2.24) is 4.57 Å². The van der Waals surface area contributed by atoms with Crippen molar-refractivity contribution >= 4 is 11.9 Å². The normalized spacial score (nSPS) is 34.3. The molecule has 1 aromatic heterocycles. The average Bonchev–Trinajstić information content (AvgIpc) is 3.21. The molecule has 0 saturated heterocycles. The summed E-state index contributed by atoms with van der Waals surface area (Å²) in [5.74, 6) is 3.02. The summed E-state index contributed by atoms with van der Waals surface area (Å²) in [5, 5.41) is 0. The lowest BCUT2D eigenvalue weighted by atomic mass is 9.48. The molecule has 5 fully saturated rings. The molecule has 29 heavy (non-hydrogen) atoms. The standard InChI is InChI=1S/C27H34N2/c1-2-4-26(5-3-1)29-11-10-20(19-29)18-28-25-8-6-24(7-9-25)27-15-21-12-22(16-27)14-23(13-21)17-27/h6-11,18-19,21-23,26H,1-5,12-17H2. The fourth-order valence-electron chi connectivity index (χ4n) is 7.63. The molecule has 5 aliphatic carbocycles. The predicted octanol–water partition coefficient (Wildman–Crippen LogP) is 7.21. The zero-order valence-electron chi connectivity index (χ0n) is 17.6. The summed E-state index contributed by atoms with van der Waals surface area (Å²) in [7, 11) is 0. The van der Waals surface area contributed by atoms with E-state index in [0.29, 0.717) is 11.5 Å². The highest BCUT2D eigenvalue weighted by Gasteiger charge is 2.51. The van der Waals surface area contributed by atoms with Gasteiger partial charge in [0.05, 0.1) is 5.69 Å². The Morgan fingerprint density at radius 2 is 1.48 bits per heavy atom. The van der Waals surface area contributed by atoms with Crippen molar-refractivity contribution in [2.75, 3.05) is 0 Å². The Morgan fingerprint density at radius 1 is 0.828 bits per heavy atom. The number of rotatable bonds is 4. The van der Waals surface area contributed by atoms with Gasteiger partial charge in [0.1, 0.15) is 0 Å². The summed E-state index contributed by atoms with van der Waals surface area (Å²) >= 11 is 0. The molecule has 152 valence electrons. The number of hydrogen-bond acceptors (Lipinski definition) is 1. The first-order chi connectivity index (χ1) is 14.3. The van der Waals surface area contributed by atoms with Crippen molar-refractivity contribution in [2.45, 2.75) is 82.1 Å². The van der Waals surface area contributed by atoms with Crippen molar-refractivity contribution in [3.63, 3.8) is 0 Å². The van der Waals surface area contributed by atoms with Crippen LogP contribution in [0.2, 0.25) is 0 Å². The van der Waals surface area contributed by atoms with Crippen molar-refractivity contribution in [2.24, 2.45) is 22.7 Å². The van der Waals surface area contributed by atoms with Crippen LogP contribution >= 0.6 is 0 Å². The fraction of sp³-hybridized carbons (Fsp3) is 0.593. The lowest BCUT2D eigenvalue weighted by Gasteiger charge is -2.57. The zero-order chi connectivity index (χ0) is 19.3. The van der Waals surface area contributed by atoms with E-state index >= 15 is 0 Å². The molecule has 2 aromatic rings. The van der Waals surface area contributed by atoms with Crippen LogP contribution < -0.4 is 0 Å². The van der Waals surface area contributed by atoms with E-state index in [2.05, 4.69) is 47.3 Å². The average molecular weight is 387 g/mol. The second kappa shape index (κ2) is 7.15. The topological polar surface area (TPSA) is 17.3 Å². The molecule has 1 heterocycles. The molecule has 4 bridgehead atoms. The monoisotopic (exact) mass is 386 g/mol. The Bertz CT molecular complexity index is 846. The summed E-state index contributed by atoms with van der Waals surface area (Å²) in [5.41, 5.74) is 4.40. The van der Waals surface area contributed by atoms with E-state index in [0.717, 1.165) is 23.4 Å². The largest absolute Gasteiger partial charge is 0.351 e. The lowest BCUT2D eigenvalue weighted by molar-refractivity contribution is -0.00518. The number of aliphatic imine (C=N–C) groups is 1. The number of aromatic nitrogens is 1. The molecule has 0 amide bonds. The molecule has 5 aliphatic rings. The van der Waals surface area contributed by atoms with Crippen LogP contribution in [-0.2, 0) is 5.41 Å². The first-order valence-corrected chi connectivity index (χ1v) is 12.1. The Morgan fingerprint density at radius 3 is 2.14 bits per heavy atom. The molecule has 0 radical (unpaired) electrons. The Labute approximate surface area is 175 Å². The highest BCUT2D eigenvalue weighted by molar-refractivity contribution is 5.81. The van der Waals surface area contributed by atoms with Crippen molar-refractivity contribution < 1.29 is 0 Å². The van der Waals surface area contributed by atoms with Gasteiger partial charge in [-0.25, -0.2) is 0 Å². The second-order valence-corrected chi connectivity index (χ2v) is 10.7. The van der Waals surface area contributed by atoms with Crippen molar-refractivity contribution in [1.29, 1.82) is 0 Å². The van der Waals surface area contributed by atoms with Gasteiger partial charge < -0.3 is 4.57 Å². The van der Waals surface area contributed by atoms with Gasteiger partial charge in [0.25, 0.3) is 0 Å². The minimum atomic E-state index is 0.494. The third kappa shape index (κ3) is 3.39. The maximum atomic E-state index is 4.78. The maximum Gasteiger partial charge on any atom is 0.0630 e. The number of benzene rings is 1. The van der Waals surface area contributed by atoms with E-state index in [9.17, 15) is 0 Å². The van der Waals surface area contributed by atoms with Gasteiger partial charge in [-0.1, -0.05) is 31.4 Å². The first-order valence-electron chi connectivity index (χ1n) is 12.1. The van der Waals surface area contributed by atoms with E-state index < -0.39 is 0 Å². The van der Waals surface area contributed by atoms with E-state index in [1.165, 1.54) is 76.2 Å². The van der Waals surface area contributed by atoms with Gasteiger partial charge in [-0.3, -0.25) is 4.99 Å². The molecule has 0 aliphatic heterocycles. The van der Waals surface area contributed by atoms with Crippen LogP contribution in [0.3, 0.4) is 0 Å². The Kier molecular flexibility index (Phi) is 4.43. The third-order valence-corrected chi connectivity index (χ3v) is 8.61. The molecule has 1 aromatic carbocycles. The Hall–Kier alpha value is -1.83. The van der Waals surface area contributed by atoms with Crippen LogP contribution in [0.25, 0.3) is 0 Å². The smallest absolute Gasteiger partial charge is 0.0630 e. The highest BCUT2D eigenvalue weighted by atomic mass is 15.0. The van der Waals surface area contributed by atoms with E-state index in [1.807, 2.05) is 6.21 Å². The molecule has 0 N–H and O–H groups in total. The van der Waals surface area contributed by atoms with Gasteiger partial charge in [0.15, 0.2) is 0 Å². The van der Waals surface area contributed by atoms with Crippen LogP contribution in [-0.4, -0.2) is 10.8 Å². The number of nitrogens with zero attached hydrogens (tertiary/aromatic N) is 2. The Balaban J connectivity index is 1.16. The SMILES string of the molecule is C(=Nc1ccc(C23CC4CC(CC(C4)C2)C3)cc1)c1ccn(C2CCCCC2)c1. The fourth-order valence-corrected chi connectivity index (χ4v) is 7.63. The molecule has 2 nitrogen and oxygen atoms in total. The summed E-state index contributed by atoms with van der Waals surface area (Å²) < 4.78 is 2.41. The summed E-state index contributed by atoms with van der Waals surface area (Å²) in [6.45, 7) is 0. The quantitative estimate of drug-likeness (QED) is 0.494. The minimum absolute atomic E-state index is 0.494. The van der Waals surface area contributed by atoms with Gasteiger partial charge >= 0.3 is 0 Å². The van der Waals surface area contributed by atoms with Crippen molar-refractivity contribution in [3.8, 4) is 0 Å². The molecular formula is C27H34N2. The van der Waals surface area contributed by atoms with Crippen LogP contribution in [0.5, 0.6) is 0 Å². The van der Waals surface area contributed by atoms with Gasteiger partial charge in [-0.15, -0.1) is 0 Å². The van der Waals surface area contributed by atoms with Gasteiger partial charge in [-0.05, 0) is 98.3 Å². The summed E-state index contributed by atoms with van der Waals surface area (Å²) in [4.78, 5) is 4.78. The molecule has 2 heteroatoms. The molecule has 0 atom stereocenters. The lowest BCUT2D eigenvalue weighted by Crippen LogP contribution is -2.48. The van der Waals surface area contributed by atoms with Gasteiger partial charge in [0, 0.05) is 30.2 Å². The van der Waals surface area contributed by atoms with E-state index in [-0.39, 0.29) is 0 Å². The van der Waals surface area contributed by atoms with Crippen LogP contribution in [0, 0.1) is 17.8 Å². The highest BCUT2D eigenvalue weighted by Crippen LogP contribution is 2.60. The van der Waals surface area contributed by atoms with Crippen LogP contribution in [0.4, 0.5) is 5.69 Å². The third-order valence-electron chi connectivity index (χ3n) is 8.61. The molecule has 5 saturated carbocycles. The molecule has 0 unspecified atom stereocenters. The van der Waals surface area contributed by atoms with Crippen LogP contribution in [0.1, 0.15) is 87.8 Å².